The first-order valence-corrected chi connectivity index (χ1v) is 4.37. The van der Waals surface area contributed by atoms with Gasteiger partial charge in [0, 0.05) is 18.9 Å². The molecule has 1 atom stereocenters. The van der Waals surface area contributed by atoms with E-state index >= 15 is 0 Å². The second kappa shape index (κ2) is 7.21. The van der Waals surface area contributed by atoms with E-state index in [9.17, 15) is 14.4 Å². The molecule has 0 aromatic carbocycles. The molecule has 1 N–H and O–H groups in total. The minimum atomic E-state index is -0.939. The largest absolute Gasteiger partial charge is 0.481 e. The van der Waals surface area contributed by atoms with Crippen molar-refractivity contribution in [2.45, 2.75) is 19.3 Å². The number of carbonyl (C=O) groups is 3. The number of rotatable bonds is 6. The van der Waals surface area contributed by atoms with Gasteiger partial charge in [0.1, 0.15) is 0 Å². The molecule has 0 aromatic rings. The van der Waals surface area contributed by atoms with Crippen LogP contribution in [0.2, 0.25) is 0 Å². The number of aliphatic carboxylic acids is 1. The topological polar surface area (TPSA) is 80.7 Å². The molecule has 0 aliphatic rings. The van der Waals surface area contributed by atoms with E-state index in [2.05, 4.69) is 4.52 Å². The molecule has 0 amide bonds. The van der Waals surface area contributed by atoms with E-state index in [1.807, 2.05) is 0 Å². The van der Waals surface area contributed by atoms with E-state index in [1.165, 1.54) is 0 Å². The Bertz CT molecular complexity index is 258. The fourth-order valence-electron chi connectivity index (χ4n) is 0.697. The standard InChI is InChI=1S/C8H11O5P/c9-6(2-1-3-7(10)11)4-5-8(12)13-14/h4-5H,1-3,14H2,(H,10,11)/b5-4+. The van der Waals surface area contributed by atoms with Gasteiger partial charge in [0.15, 0.2) is 5.78 Å². The molecule has 0 heterocycles. The number of hydrogen-bond donors (Lipinski definition) is 1. The zero-order chi connectivity index (χ0) is 11.0. The molecular weight excluding hydrogens is 207 g/mol. The van der Waals surface area contributed by atoms with Crippen molar-refractivity contribution in [2.24, 2.45) is 0 Å². The summed E-state index contributed by atoms with van der Waals surface area (Å²) in [5.74, 6) is -1.87. The molecule has 0 bridgehead atoms. The van der Waals surface area contributed by atoms with Crippen LogP contribution in [0.15, 0.2) is 12.2 Å². The van der Waals surface area contributed by atoms with Crippen LogP contribution in [0.4, 0.5) is 0 Å². The summed E-state index contributed by atoms with van der Waals surface area (Å²) in [6, 6.07) is 0. The van der Waals surface area contributed by atoms with Crippen molar-refractivity contribution in [3.8, 4) is 0 Å². The summed E-state index contributed by atoms with van der Waals surface area (Å²) >= 11 is 0. The average Bonchev–Trinajstić information content (AvgIpc) is 2.13. The maximum atomic E-state index is 11.0. The first-order chi connectivity index (χ1) is 6.56. The van der Waals surface area contributed by atoms with E-state index in [0.717, 1.165) is 12.2 Å². The normalized spacial score (nSPS) is 10.1. The van der Waals surface area contributed by atoms with E-state index in [0.29, 0.717) is 0 Å². The summed E-state index contributed by atoms with van der Waals surface area (Å²) in [4.78, 5) is 31.6. The summed E-state index contributed by atoms with van der Waals surface area (Å²) in [5, 5.41) is 8.28. The number of allylic oxidation sites excluding steroid dienone is 1. The molecule has 0 saturated carbocycles. The van der Waals surface area contributed by atoms with E-state index in [1.54, 1.807) is 9.47 Å². The van der Waals surface area contributed by atoms with Crippen LogP contribution in [0.1, 0.15) is 19.3 Å². The average molecular weight is 218 g/mol. The van der Waals surface area contributed by atoms with Gasteiger partial charge in [0.2, 0.25) is 0 Å². The van der Waals surface area contributed by atoms with Crippen molar-refractivity contribution < 1.29 is 24.0 Å². The number of hydrogen-bond acceptors (Lipinski definition) is 4. The summed E-state index contributed by atoms with van der Waals surface area (Å²) in [7, 11) is 1.76. The van der Waals surface area contributed by atoms with Gasteiger partial charge in [-0.25, -0.2) is 4.79 Å². The van der Waals surface area contributed by atoms with E-state index in [-0.39, 0.29) is 25.0 Å². The summed E-state index contributed by atoms with van der Waals surface area (Å²) in [6.07, 6.45) is 2.42. The van der Waals surface area contributed by atoms with Crippen LogP contribution in [0, 0.1) is 0 Å². The zero-order valence-electron chi connectivity index (χ0n) is 7.43. The Morgan fingerprint density at radius 2 is 1.86 bits per heavy atom. The quantitative estimate of drug-likeness (QED) is 0.524. The van der Waals surface area contributed by atoms with Crippen molar-refractivity contribution in [3.05, 3.63) is 12.2 Å². The molecule has 0 aliphatic heterocycles. The third kappa shape index (κ3) is 7.43. The maximum absolute atomic E-state index is 11.0. The SMILES string of the molecule is O=C(O)CCCC(=O)/C=C/C(=O)OP. The lowest BCUT2D eigenvalue weighted by Crippen LogP contribution is -1.99. The van der Waals surface area contributed by atoms with Crippen LogP contribution in [-0.4, -0.2) is 22.8 Å². The first-order valence-electron chi connectivity index (χ1n) is 3.89. The fraction of sp³-hybridized carbons (Fsp3) is 0.375. The summed E-state index contributed by atoms with van der Waals surface area (Å²) < 4.78 is 4.19. The molecule has 14 heavy (non-hydrogen) atoms. The minimum absolute atomic E-state index is 0.0480. The van der Waals surface area contributed by atoms with Gasteiger partial charge in [0.05, 0.1) is 9.47 Å². The smallest absolute Gasteiger partial charge is 0.333 e. The van der Waals surface area contributed by atoms with Gasteiger partial charge in [-0.15, -0.1) is 0 Å². The fourth-order valence-corrected chi connectivity index (χ4v) is 0.776. The van der Waals surface area contributed by atoms with Crippen molar-refractivity contribution in [3.63, 3.8) is 0 Å². The molecule has 1 unspecified atom stereocenters. The van der Waals surface area contributed by atoms with Crippen LogP contribution in [-0.2, 0) is 18.9 Å². The summed E-state index contributed by atoms with van der Waals surface area (Å²) in [5.41, 5.74) is 0. The number of carboxylic acids is 1. The third-order valence-electron chi connectivity index (χ3n) is 1.34. The lowest BCUT2D eigenvalue weighted by Gasteiger charge is -1.93. The van der Waals surface area contributed by atoms with Gasteiger partial charge in [-0.05, 0) is 12.5 Å². The van der Waals surface area contributed by atoms with Crippen molar-refractivity contribution in [1.29, 1.82) is 0 Å². The molecule has 0 radical (unpaired) electrons. The van der Waals surface area contributed by atoms with Gasteiger partial charge < -0.3 is 9.63 Å². The van der Waals surface area contributed by atoms with Gasteiger partial charge in [0.25, 0.3) is 0 Å². The Balaban J connectivity index is 3.70. The van der Waals surface area contributed by atoms with Crippen LogP contribution >= 0.6 is 9.47 Å². The Hall–Kier alpha value is -1.22. The molecular formula is C8H11O5P. The molecule has 0 aromatic heterocycles. The van der Waals surface area contributed by atoms with Gasteiger partial charge in [-0.2, -0.15) is 0 Å². The first kappa shape index (κ1) is 12.8. The molecule has 0 aliphatic carbocycles. The van der Waals surface area contributed by atoms with E-state index in [4.69, 9.17) is 5.11 Å². The van der Waals surface area contributed by atoms with Gasteiger partial charge >= 0.3 is 11.9 Å². The number of carbonyl (C=O) groups excluding carboxylic acids is 2. The highest BCUT2D eigenvalue weighted by Crippen LogP contribution is 1.98. The Labute approximate surface area is 83.4 Å². The second-order valence-electron chi connectivity index (χ2n) is 2.48. The van der Waals surface area contributed by atoms with Crippen LogP contribution < -0.4 is 0 Å². The molecule has 0 rings (SSSR count). The van der Waals surface area contributed by atoms with Crippen molar-refractivity contribution in [2.75, 3.05) is 0 Å². The molecule has 0 saturated heterocycles. The highest BCUT2D eigenvalue weighted by Gasteiger charge is 2.01. The number of carboxylic acid groups (broad SMARTS) is 1. The molecule has 0 spiro atoms. The van der Waals surface area contributed by atoms with Crippen LogP contribution in [0.5, 0.6) is 0 Å². The summed E-state index contributed by atoms with van der Waals surface area (Å²) in [6.45, 7) is 0. The monoisotopic (exact) mass is 218 g/mol. The molecule has 6 heteroatoms. The second-order valence-corrected chi connectivity index (χ2v) is 2.72. The maximum Gasteiger partial charge on any atom is 0.333 e. The highest BCUT2D eigenvalue weighted by atomic mass is 31.0. The lowest BCUT2D eigenvalue weighted by molar-refractivity contribution is -0.137. The van der Waals surface area contributed by atoms with Gasteiger partial charge in [-0.3, -0.25) is 9.59 Å². The molecule has 78 valence electrons. The van der Waals surface area contributed by atoms with Crippen molar-refractivity contribution in [1.82, 2.24) is 0 Å². The van der Waals surface area contributed by atoms with Crippen LogP contribution in [0.3, 0.4) is 0 Å². The predicted octanol–water partition coefficient (Wildman–Crippen LogP) is 0.700. The predicted molar refractivity (Wildman–Crippen MR) is 51.4 cm³/mol. The highest BCUT2D eigenvalue weighted by molar-refractivity contribution is 7.10. The van der Waals surface area contributed by atoms with Crippen LogP contribution in [0.25, 0.3) is 0 Å². The lowest BCUT2D eigenvalue weighted by atomic mass is 10.1. The molecule has 0 fully saturated rings. The molecule has 5 nitrogen and oxygen atoms in total. The van der Waals surface area contributed by atoms with Gasteiger partial charge in [-0.1, -0.05) is 0 Å². The van der Waals surface area contributed by atoms with E-state index < -0.39 is 11.9 Å². The third-order valence-corrected chi connectivity index (χ3v) is 1.57. The number of ketones is 1. The van der Waals surface area contributed by atoms with Crippen molar-refractivity contribution >= 4 is 27.2 Å². The Morgan fingerprint density at radius 3 is 2.36 bits per heavy atom. The minimum Gasteiger partial charge on any atom is -0.481 e. The zero-order valence-corrected chi connectivity index (χ0v) is 8.59. The Kier molecular flexibility index (Phi) is 6.58. The Morgan fingerprint density at radius 1 is 1.21 bits per heavy atom.